The first kappa shape index (κ1) is 34.8. The summed E-state index contributed by atoms with van der Waals surface area (Å²) in [6, 6.07) is 21.8. The maximum atomic E-state index is 13.9. The Bertz CT molecular complexity index is 1900. The number of rotatable bonds is 11. The van der Waals surface area contributed by atoms with Gasteiger partial charge in [0.25, 0.3) is 0 Å². The first-order valence-electron chi connectivity index (χ1n) is 16.3. The standard InChI is InChI=1S/C37H38N6O5S2/c1-47-31-21-27-28(22-32(31)48-2)38-37(42-19-17-41(18-20-42)33(45)15-13-25-9-5-3-6-10-25)40-35(27)39-36(46)29-23-50-24-43(29)34(49)16-14-30(44)26-11-7-4-8-12-26/h3-13,15,21-22,29H,14,16-20,23-24H2,1-2H3,(H,38,39,40,46)/b15-13+. The Kier molecular flexibility index (Phi) is 11.2. The van der Waals surface area contributed by atoms with Crippen molar-refractivity contribution in [3.8, 4) is 11.5 Å². The van der Waals surface area contributed by atoms with E-state index in [1.54, 1.807) is 61.2 Å². The van der Waals surface area contributed by atoms with Crippen LogP contribution in [0.4, 0.5) is 11.8 Å². The summed E-state index contributed by atoms with van der Waals surface area (Å²) in [5.74, 6) is 2.54. The van der Waals surface area contributed by atoms with Crippen molar-refractivity contribution in [2.75, 3.05) is 62.2 Å². The number of hydrogen-bond donors (Lipinski definition) is 1. The number of thiocarbonyl (C=S) groups is 1. The van der Waals surface area contributed by atoms with Crippen LogP contribution < -0.4 is 19.7 Å². The topological polar surface area (TPSA) is 117 Å². The number of anilines is 2. The molecular formula is C37H38N6O5S2. The number of carbonyl (C=O) groups is 3. The summed E-state index contributed by atoms with van der Waals surface area (Å²) < 4.78 is 11.1. The van der Waals surface area contributed by atoms with E-state index >= 15 is 0 Å². The minimum atomic E-state index is -0.536. The van der Waals surface area contributed by atoms with E-state index in [-0.39, 0.29) is 24.0 Å². The average molecular weight is 711 g/mol. The summed E-state index contributed by atoms with van der Waals surface area (Å²) in [6.45, 7) is 2.01. The van der Waals surface area contributed by atoms with Gasteiger partial charge in [0.15, 0.2) is 17.3 Å². The molecule has 1 atom stereocenters. The highest BCUT2D eigenvalue weighted by Gasteiger charge is 2.34. The molecule has 1 aromatic heterocycles. The Hall–Kier alpha value is -5.01. The Morgan fingerprint density at radius 1 is 0.920 bits per heavy atom. The Morgan fingerprint density at radius 2 is 1.60 bits per heavy atom. The third-order valence-corrected chi connectivity index (χ3v) is 10.1. The van der Waals surface area contributed by atoms with E-state index in [0.29, 0.717) is 88.9 Å². The molecule has 1 N–H and O–H groups in total. The molecule has 2 saturated heterocycles. The van der Waals surface area contributed by atoms with Gasteiger partial charge in [0, 0.05) is 67.9 Å². The first-order chi connectivity index (χ1) is 24.3. The highest BCUT2D eigenvalue weighted by molar-refractivity contribution is 7.99. The summed E-state index contributed by atoms with van der Waals surface area (Å²) in [7, 11) is 3.10. The predicted octanol–water partition coefficient (Wildman–Crippen LogP) is 5.31. The summed E-state index contributed by atoms with van der Waals surface area (Å²) in [4.78, 5) is 55.5. The molecule has 2 amide bonds. The zero-order valence-corrected chi connectivity index (χ0v) is 29.5. The molecule has 2 aliphatic heterocycles. The van der Waals surface area contributed by atoms with Gasteiger partial charge in [0.2, 0.25) is 17.8 Å². The number of benzene rings is 3. The van der Waals surface area contributed by atoms with Crippen molar-refractivity contribution in [1.82, 2.24) is 19.8 Å². The molecule has 0 spiro atoms. The lowest BCUT2D eigenvalue weighted by molar-refractivity contribution is -0.126. The maximum absolute atomic E-state index is 13.9. The molecule has 50 heavy (non-hydrogen) atoms. The van der Waals surface area contributed by atoms with Crippen LogP contribution in [0.1, 0.15) is 28.8 Å². The number of carbonyl (C=O) groups excluding carboxylic acids is 3. The fourth-order valence-corrected chi connectivity index (χ4v) is 7.45. The fourth-order valence-electron chi connectivity index (χ4n) is 5.88. The van der Waals surface area contributed by atoms with E-state index in [9.17, 15) is 14.4 Å². The second-order valence-electron chi connectivity index (χ2n) is 11.8. The maximum Gasteiger partial charge on any atom is 0.249 e. The van der Waals surface area contributed by atoms with Crippen LogP contribution in [-0.4, -0.2) is 100 Å². The SMILES string of the molecule is COc1cc2nc(N3CCN(C(=O)/C=C/c4ccccc4)CC3)nc(NC(=O)C3CSCN3C(=S)CCC(=O)c3ccccc3)c2cc1OC. The Morgan fingerprint density at radius 3 is 2.30 bits per heavy atom. The zero-order chi connectivity index (χ0) is 35.0. The number of aromatic nitrogens is 2. The quantitative estimate of drug-likeness (QED) is 0.124. The number of hydrogen-bond acceptors (Lipinski definition) is 10. The van der Waals surface area contributed by atoms with Gasteiger partial charge in [-0.15, -0.1) is 11.8 Å². The van der Waals surface area contributed by atoms with Crippen LogP contribution in [0.2, 0.25) is 0 Å². The molecule has 1 unspecified atom stereocenters. The summed E-state index contributed by atoms with van der Waals surface area (Å²) in [5.41, 5.74) is 2.18. The monoisotopic (exact) mass is 710 g/mol. The molecule has 0 bridgehead atoms. The number of thioether (sulfide) groups is 1. The van der Waals surface area contributed by atoms with Gasteiger partial charge >= 0.3 is 0 Å². The van der Waals surface area contributed by atoms with Crippen LogP contribution in [0.5, 0.6) is 11.5 Å². The number of methoxy groups -OCH3 is 2. The van der Waals surface area contributed by atoms with E-state index in [4.69, 9.17) is 31.7 Å². The molecule has 2 aliphatic rings. The van der Waals surface area contributed by atoms with E-state index < -0.39 is 6.04 Å². The smallest absolute Gasteiger partial charge is 0.249 e. The van der Waals surface area contributed by atoms with Gasteiger partial charge < -0.3 is 29.5 Å². The summed E-state index contributed by atoms with van der Waals surface area (Å²) in [6.07, 6.45) is 4.06. The van der Waals surface area contributed by atoms with Crippen molar-refractivity contribution >= 4 is 75.3 Å². The molecular weight excluding hydrogens is 673 g/mol. The molecule has 2 fully saturated rings. The molecule has 258 valence electrons. The van der Waals surface area contributed by atoms with Gasteiger partial charge in [-0.3, -0.25) is 14.4 Å². The Labute approximate surface area is 300 Å². The minimum absolute atomic E-state index is 0.0130. The van der Waals surface area contributed by atoms with Crippen LogP contribution in [0.15, 0.2) is 78.9 Å². The number of nitrogens with zero attached hydrogens (tertiary/aromatic N) is 5. The van der Waals surface area contributed by atoms with Crippen LogP contribution in [0, 0.1) is 0 Å². The number of nitrogens with one attached hydrogen (secondary N) is 1. The van der Waals surface area contributed by atoms with E-state index in [1.165, 1.54) is 0 Å². The molecule has 11 nitrogen and oxygen atoms in total. The van der Waals surface area contributed by atoms with Crippen LogP contribution in [0.25, 0.3) is 17.0 Å². The predicted molar refractivity (Wildman–Crippen MR) is 201 cm³/mol. The second-order valence-corrected chi connectivity index (χ2v) is 13.3. The number of ether oxygens (including phenoxy) is 2. The van der Waals surface area contributed by atoms with E-state index in [0.717, 1.165) is 5.56 Å². The fraction of sp³-hybridized carbons (Fsp3) is 0.297. The molecule has 13 heteroatoms. The number of amides is 2. The summed E-state index contributed by atoms with van der Waals surface area (Å²) >= 11 is 7.35. The minimum Gasteiger partial charge on any atom is -0.493 e. The van der Waals surface area contributed by atoms with E-state index in [1.807, 2.05) is 64.4 Å². The van der Waals surface area contributed by atoms with Gasteiger partial charge in [-0.1, -0.05) is 72.9 Å². The van der Waals surface area contributed by atoms with Crippen molar-refractivity contribution in [1.29, 1.82) is 0 Å². The number of ketones is 1. The largest absolute Gasteiger partial charge is 0.493 e. The van der Waals surface area contributed by atoms with Gasteiger partial charge in [0.1, 0.15) is 11.9 Å². The molecule has 0 radical (unpaired) electrons. The van der Waals surface area contributed by atoms with Crippen molar-refractivity contribution < 1.29 is 23.9 Å². The summed E-state index contributed by atoms with van der Waals surface area (Å²) in [5, 5.41) is 3.65. The highest BCUT2D eigenvalue weighted by atomic mass is 32.2. The lowest BCUT2D eigenvalue weighted by Crippen LogP contribution is -2.49. The number of piperazine rings is 1. The van der Waals surface area contributed by atoms with Gasteiger partial charge in [0.05, 0.1) is 30.6 Å². The lowest BCUT2D eigenvalue weighted by Gasteiger charge is -2.34. The first-order valence-corrected chi connectivity index (χ1v) is 17.9. The molecule has 0 aliphatic carbocycles. The van der Waals surface area contributed by atoms with Gasteiger partial charge in [-0.05, 0) is 17.7 Å². The third kappa shape index (κ3) is 8.06. The third-order valence-electron chi connectivity index (χ3n) is 8.69. The molecule has 3 aromatic carbocycles. The van der Waals surface area contributed by atoms with Crippen molar-refractivity contribution in [3.05, 3.63) is 90.0 Å². The molecule has 4 aromatic rings. The van der Waals surface area contributed by atoms with E-state index in [2.05, 4.69) is 5.32 Å². The number of fused-ring (bicyclic) bond motifs is 1. The molecule has 3 heterocycles. The van der Waals surface area contributed by atoms with Crippen molar-refractivity contribution in [3.63, 3.8) is 0 Å². The second kappa shape index (κ2) is 16.1. The lowest BCUT2D eigenvalue weighted by atomic mass is 10.1. The average Bonchev–Trinajstić information content (AvgIpc) is 3.67. The van der Waals surface area contributed by atoms with Crippen LogP contribution in [0.3, 0.4) is 0 Å². The number of Topliss-reactive ketones (excluding diaryl/α,β-unsaturated/α-hetero) is 1. The van der Waals surface area contributed by atoms with Gasteiger partial charge in [-0.25, -0.2) is 4.98 Å². The molecule has 0 saturated carbocycles. The van der Waals surface area contributed by atoms with Gasteiger partial charge in [-0.2, -0.15) is 4.98 Å². The van der Waals surface area contributed by atoms with Crippen molar-refractivity contribution in [2.45, 2.75) is 18.9 Å². The zero-order valence-electron chi connectivity index (χ0n) is 27.9. The van der Waals surface area contributed by atoms with Crippen LogP contribution >= 0.6 is 24.0 Å². The molecule has 6 rings (SSSR count). The van der Waals surface area contributed by atoms with Crippen LogP contribution in [-0.2, 0) is 9.59 Å². The highest BCUT2D eigenvalue weighted by Crippen LogP contribution is 2.36. The Balaban J connectivity index is 1.18. The normalized spacial score (nSPS) is 16.1. The van der Waals surface area contributed by atoms with Crippen molar-refractivity contribution in [2.24, 2.45) is 0 Å².